The van der Waals surface area contributed by atoms with Gasteiger partial charge in [0.05, 0.1) is 0 Å². The van der Waals surface area contributed by atoms with Crippen molar-refractivity contribution in [3.63, 3.8) is 0 Å². The Labute approximate surface area is 138 Å². The van der Waals surface area contributed by atoms with Gasteiger partial charge >= 0.3 is 0 Å². The van der Waals surface area contributed by atoms with E-state index >= 15 is 0 Å². The molecule has 6 heteroatoms. The normalized spacial score (nSPS) is 16.0. The molecule has 0 unspecified atom stereocenters. The van der Waals surface area contributed by atoms with Gasteiger partial charge in [0, 0.05) is 46.0 Å². The molecular formula is C16H27N5S. The number of rotatable bonds is 6. The first kappa shape index (κ1) is 16.9. The van der Waals surface area contributed by atoms with Gasteiger partial charge in [0.15, 0.2) is 5.96 Å². The van der Waals surface area contributed by atoms with E-state index in [1.807, 2.05) is 37.1 Å². The van der Waals surface area contributed by atoms with Crippen molar-refractivity contribution in [1.29, 1.82) is 0 Å². The Morgan fingerprint density at radius 1 is 1.27 bits per heavy atom. The van der Waals surface area contributed by atoms with Crippen LogP contribution in [0.1, 0.15) is 12.8 Å². The summed E-state index contributed by atoms with van der Waals surface area (Å²) in [6.07, 6.45) is 6.48. The molecule has 0 radical (unpaired) electrons. The molecule has 0 aromatic carbocycles. The Morgan fingerprint density at radius 2 is 2.09 bits per heavy atom. The van der Waals surface area contributed by atoms with Crippen LogP contribution in [0.5, 0.6) is 0 Å². The van der Waals surface area contributed by atoms with Crippen LogP contribution in [0.15, 0.2) is 29.4 Å². The molecule has 0 amide bonds. The van der Waals surface area contributed by atoms with E-state index in [1.165, 1.54) is 18.6 Å². The first-order valence-corrected chi connectivity index (χ1v) is 9.35. The summed E-state index contributed by atoms with van der Waals surface area (Å²) in [5, 5.41) is 3.49. The van der Waals surface area contributed by atoms with Crippen molar-refractivity contribution in [2.75, 3.05) is 56.7 Å². The maximum Gasteiger partial charge on any atom is 0.193 e. The molecule has 1 aliphatic rings. The molecule has 122 valence electrons. The average molecular weight is 321 g/mol. The lowest BCUT2D eigenvalue weighted by Gasteiger charge is -2.37. The van der Waals surface area contributed by atoms with E-state index in [0.29, 0.717) is 0 Å². The number of aromatic nitrogens is 1. The minimum Gasteiger partial charge on any atom is -0.356 e. The minimum absolute atomic E-state index is 0.987. The Morgan fingerprint density at radius 3 is 2.73 bits per heavy atom. The molecule has 2 heterocycles. The zero-order chi connectivity index (χ0) is 15.6. The van der Waals surface area contributed by atoms with Crippen LogP contribution in [0.2, 0.25) is 0 Å². The van der Waals surface area contributed by atoms with E-state index in [9.17, 15) is 0 Å². The summed E-state index contributed by atoms with van der Waals surface area (Å²) in [6, 6.07) is 6.08. The Bertz CT molecular complexity index is 443. The van der Waals surface area contributed by atoms with Gasteiger partial charge < -0.3 is 15.1 Å². The molecule has 22 heavy (non-hydrogen) atoms. The standard InChI is InChI=1S/C16H27N5S/c1-17-16(19-9-5-6-14-22-2)21-12-10-20(11-13-21)15-7-3-4-8-18-15/h3-4,7-8H,5-6,9-14H2,1-2H3,(H,17,19). The second-order valence-corrected chi connectivity index (χ2v) is 6.32. The number of hydrogen-bond donors (Lipinski definition) is 1. The molecule has 0 spiro atoms. The molecule has 0 atom stereocenters. The van der Waals surface area contributed by atoms with Gasteiger partial charge in [0.25, 0.3) is 0 Å². The van der Waals surface area contributed by atoms with E-state index < -0.39 is 0 Å². The van der Waals surface area contributed by atoms with Crippen molar-refractivity contribution in [3.05, 3.63) is 24.4 Å². The molecule has 2 rings (SSSR count). The van der Waals surface area contributed by atoms with Gasteiger partial charge in [-0.15, -0.1) is 0 Å². The highest BCUT2D eigenvalue weighted by atomic mass is 32.2. The lowest BCUT2D eigenvalue weighted by molar-refractivity contribution is 0.371. The summed E-state index contributed by atoms with van der Waals surface area (Å²) in [7, 11) is 1.87. The van der Waals surface area contributed by atoms with Crippen molar-refractivity contribution in [1.82, 2.24) is 15.2 Å². The maximum atomic E-state index is 4.43. The van der Waals surface area contributed by atoms with Crippen LogP contribution in [0.3, 0.4) is 0 Å². The third-order valence-electron chi connectivity index (χ3n) is 3.82. The largest absolute Gasteiger partial charge is 0.356 e. The second kappa shape index (κ2) is 9.56. The molecular weight excluding hydrogens is 294 g/mol. The predicted molar refractivity (Wildman–Crippen MR) is 97.0 cm³/mol. The van der Waals surface area contributed by atoms with Crippen LogP contribution in [-0.4, -0.2) is 67.6 Å². The second-order valence-electron chi connectivity index (χ2n) is 5.34. The molecule has 1 aromatic heterocycles. The molecule has 0 aliphatic carbocycles. The predicted octanol–water partition coefficient (Wildman–Crippen LogP) is 1.92. The fourth-order valence-corrected chi connectivity index (χ4v) is 3.08. The van der Waals surface area contributed by atoms with E-state index in [1.54, 1.807) is 0 Å². The molecule has 1 fully saturated rings. The third-order valence-corrected chi connectivity index (χ3v) is 4.52. The SMILES string of the molecule is CN=C(NCCCCSC)N1CCN(c2ccccn2)CC1. The summed E-state index contributed by atoms with van der Waals surface area (Å²) in [4.78, 5) is 13.5. The fraction of sp³-hybridized carbons (Fsp3) is 0.625. The van der Waals surface area contributed by atoms with Crippen LogP contribution in [0.4, 0.5) is 5.82 Å². The lowest BCUT2D eigenvalue weighted by atomic mass is 10.3. The number of anilines is 1. The van der Waals surface area contributed by atoms with E-state index in [4.69, 9.17) is 0 Å². The number of aliphatic imine (C=N–C) groups is 1. The number of unbranched alkanes of at least 4 members (excludes halogenated alkanes) is 1. The Balaban J connectivity index is 1.75. The Kier molecular flexibility index (Phi) is 7.36. The van der Waals surface area contributed by atoms with E-state index in [2.05, 4.69) is 37.4 Å². The quantitative estimate of drug-likeness (QED) is 0.493. The van der Waals surface area contributed by atoms with Gasteiger partial charge in [0.1, 0.15) is 5.82 Å². The molecule has 1 N–H and O–H groups in total. The van der Waals surface area contributed by atoms with E-state index in [0.717, 1.165) is 44.5 Å². The fourth-order valence-electron chi connectivity index (χ4n) is 2.59. The maximum absolute atomic E-state index is 4.43. The highest BCUT2D eigenvalue weighted by molar-refractivity contribution is 7.98. The van der Waals surface area contributed by atoms with Crippen molar-refractivity contribution in [3.8, 4) is 0 Å². The molecule has 1 saturated heterocycles. The van der Waals surface area contributed by atoms with Gasteiger partial charge in [-0.1, -0.05) is 6.07 Å². The molecule has 5 nitrogen and oxygen atoms in total. The number of hydrogen-bond acceptors (Lipinski definition) is 4. The average Bonchev–Trinajstić information content (AvgIpc) is 2.59. The monoisotopic (exact) mass is 321 g/mol. The topological polar surface area (TPSA) is 43.8 Å². The number of thioether (sulfide) groups is 1. The van der Waals surface area contributed by atoms with Gasteiger partial charge in [-0.2, -0.15) is 11.8 Å². The smallest absolute Gasteiger partial charge is 0.193 e. The van der Waals surface area contributed by atoms with Gasteiger partial charge in [-0.05, 0) is 37.0 Å². The van der Waals surface area contributed by atoms with Crippen molar-refractivity contribution >= 4 is 23.5 Å². The Hall–Kier alpha value is -1.43. The van der Waals surface area contributed by atoms with Crippen molar-refractivity contribution < 1.29 is 0 Å². The highest BCUT2D eigenvalue weighted by Crippen LogP contribution is 2.12. The summed E-state index contributed by atoms with van der Waals surface area (Å²) in [5.41, 5.74) is 0. The van der Waals surface area contributed by atoms with Gasteiger partial charge in [-0.25, -0.2) is 4.98 Å². The van der Waals surface area contributed by atoms with Crippen LogP contribution in [-0.2, 0) is 0 Å². The summed E-state index contributed by atoms with van der Waals surface area (Å²) < 4.78 is 0. The van der Waals surface area contributed by atoms with Crippen LogP contribution in [0.25, 0.3) is 0 Å². The minimum atomic E-state index is 0.987. The zero-order valence-corrected chi connectivity index (χ0v) is 14.5. The van der Waals surface area contributed by atoms with Gasteiger partial charge in [-0.3, -0.25) is 4.99 Å². The number of pyridine rings is 1. The van der Waals surface area contributed by atoms with Crippen LogP contribution < -0.4 is 10.2 Å². The van der Waals surface area contributed by atoms with Crippen LogP contribution in [0, 0.1) is 0 Å². The van der Waals surface area contributed by atoms with Crippen molar-refractivity contribution in [2.45, 2.75) is 12.8 Å². The van der Waals surface area contributed by atoms with Gasteiger partial charge in [0.2, 0.25) is 0 Å². The molecule has 1 aliphatic heterocycles. The first-order valence-electron chi connectivity index (χ1n) is 7.95. The molecule has 0 bridgehead atoms. The lowest BCUT2D eigenvalue weighted by Crippen LogP contribution is -2.52. The first-order chi connectivity index (χ1) is 10.8. The zero-order valence-electron chi connectivity index (χ0n) is 13.7. The number of guanidine groups is 1. The van der Waals surface area contributed by atoms with Crippen LogP contribution >= 0.6 is 11.8 Å². The summed E-state index contributed by atoms with van der Waals surface area (Å²) >= 11 is 1.91. The summed E-state index contributed by atoms with van der Waals surface area (Å²) in [6.45, 7) is 4.96. The van der Waals surface area contributed by atoms with E-state index in [-0.39, 0.29) is 0 Å². The number of piperazine rings is 1. The highest BCUT2D eigenvalue weighted by Gasteiger charge is 2.19. The summed E-state index contributed by atoms with van der Waals surface area (Å²) in [5.74, 6) is 3.34. The number of nitrogens with one attached hydrogen (secondary N) is 1. The number of nitrogens with zero attached hydrogens (tertiary/aromatic N) is 4. The molecule has 1 aromatic rings. The molecule has 0 saturated carbocycles. The van der Waals surface area contributed by atoms with Crippen molar-refractivity contribution in [2.24, 2.45) is 4.99 Å². The third kappa shape index (κ3) is 5.09.